The standard InChI is InChI=1S/C26H25N5O3/c27-23(32)16-17-28-26(34)19-10-4-5-11-20(19)30-25(33)15-14-24-29-21-12-6-7-13-22(21)31(24)18-8-2-1-3-9-18/h1-13H,14-17H2,(H2,27,32)(H,28,34)(H,30,33). The van der Waals surface area contributed by atoms with Crippen LogP contribution in [0.2, 0.25) is 0 Å². The molecule has 1 aromatic heterocycles. The van der Waals surface area contributed by atoms with Crippen LogP contribution in [0.3, 0.4) is 0 Å². The molecule has 3 amide bonds. The molecule has 4 rings (SSSR count). The smallest absolute Gasteiger partial charge is 0.253 e. The Hall–Kier alpha value is -4.46. The molecule has 0 radical (unpaired) electrons. The van der Waals surface area contributed by atoms with Gasteiger partial charge in [-0.25, -0.2) is 4.98 Å². The Bertz CT molecular complexity index is 1330. The highest BCUT2D eigenvalue weighted by Gasteiger charge is 2.16. The van der Waals surface area contributed by atoms with Crippen molar-refractivity contribution < 1.29 is 14.4 Å². The predicted octanol–water partition coefficient (Wildman–Crippen LogP) is 3.20. The highest BCUT2D eigenvalue weighted by molar-refractivity contribution is 6.03. The maximum atomic E-state index is 12.8. The number of nitrogens with zero attached hydrogens (tertiary/aromatic N) is 2. The number of imidazole rings is 1. The Morgan fingerprint density at radius 2 is 1.56 bits per heavy atom. The van der Waals surface area contributed by atoms with Crippen molar-refractivity contribution in [2.75, 3.05) is 11.9 Å². The second-order valence-corrected chi connectivity index (χ2v) is 7.75. The number of nitrogens with one attached hydrogen (secondary N) is 2. The molecule has 0 aliphatic heterocycles. The van der Waals surface area contributed by atoms with E-state index in [1.807, 2.05) is 54.6 Å². The second-order valence-electron chi connectivity index (χ2n) is 7.75. The number of anilines is 1. The summed E-state index contributed by atoms with van der Waals surface area (Å²) < 4.78 is 2.06. The number of nitrogens with two attached hydrogens (primary N) is 1. The zero-order valence-electron chi connectivity index (χ0n) is 18.5. The average molecular weight is 456 g/mol. The Kier molecular flexibility index (Phi) is 6.98. The summed E-state index contributed by atoms with van der Waals surface area (Å²) in [6.45, 7) is 0.131. The van der Waals surface area contributed by atoms with E-state index in [4.69, 9.17) is 10.7 Å². The van der Waals surface area contributed by atoms with Gasteiger partial charge in [0.05, 0.1) is 22.3 Å². The Morgan fingerprint density at radius 1 is 0.853 bits per heavy atom. The number of benzene rings is 3. The molecule has 34 heavy (non-hydrogen) atoms. The molecule has 172 valence electrons. The van der Waals surface area contributed by atoms with Crippen molar-refractivity contribution >= 4 is 34.4 Å². The molecule has 4 aromatic rings. The lowest BCUT2D eigenvalue weighted by molar-refractivity contribution is -0.118. The first-order valence-corrected chi connectivity index (χ1v) is 11.0. The number of aryl methyl sites for hydroxylation is 1. The highest BCUT2D eigenvalue weighted by Crippen LogP contribution is 2.23. The van der Waals surface area contributed by atoms with Crippen LogP contribution in [0.4, 0.5) is 5.69 Å². The Balaban J connectivity index is 1.48. The number of hydrogen-bond donors (Lipinski definition) is 3. The van der Waals surface area contributed by atoms with Gasteiger partial charge in [0, 0.05) is 31.5 Å². The average Bonchev–Trinajstić information content (AvgIpc) is 3.22. The molecule has 4 N–H and O–H groups in total. The first-order valence-electron chi connectivity index (χ1n) is 11.0. The van der Waals surface area contributed by atoms with Gasteiger partial charge in [-0.15, -0.1) is 0 Å². The van der Waals surface area contributed by atoms with Crippen LogP contribution in [0.1, 0.15) is 29.0 Å². The maximum absolute atomic E-state index is 12.8. The predicted molar refractivity (Wildman–Crippen MR) is 131 cm³/mol. The summed E-state index contributed by atoms with van der Waals surface area (Å²) in [7, 11) is 0. The summed E-state index contributed by atoms with van der Waals surface area (Å²) in [5, 5.41) is 5.46. The van der Waals surface area contributed by atoms with E-state index in [1.54, 1.807) is 24.3 Å². The van der Waals surface area contributed by atoms with Gasteiger partial charge in [-0.3, -0.25) is 19.0 Å². The van der Waals surface area contributed by atoms with Crippen LogP contribution in [0.15, 0.2) is 78.9 Å². The van der Waals surface area contributed by atoms with Crippen molar-refractivity contribution in [2.45, 2.75) is 19.3 Å². The Labute approximate surface area is 196 Å². The van der Waals surface area contributed by atoms with Gasteiger partial charge in [-0.2, -0.15) is 0 Å². The second kappa shape index (κ2) is 10.4. The number of primary amides is 1. The van der Waals surface area contributed by atoms with E-state index in [2.05, 4.69) is 15.2 Å². The number of hydrogen-bond acceptors (Lipinski definition) is 4. The normalized spacial score (nSPS) is 10.7. The quantitative estimate of drug-likeness (QED) is 0.359. The minimum atomic E-state index is -0.497. The largest absolute Gasteiger partial charge is 0.370 e. The van der Waals surface area contributed by atoms with Crippen LogP contribution in [-0.2, 0) is 16.0 Å². The van der Waals surface area contributed by atoms with Crippen LogP contribution in [0, 0.1) is 0 Å². The lowest BCUT2D eigenvalue weighted by Crippen LogP contribution is -2.28. The van der Waals surface area contributed by atoms with Crippen molar-refractivity contribution in [3.05, 3.63) is 90.3 Å². The van der Waals surface area contributed by atoms with E-state index >= 15 is 0 Å². The Morgan fingerprint density at radius 3 is 2.35 bits per heavy atom. The van der Waals surface area contributed by atoms with Crippen molar-refractivity contribution in [2.24, 2.45) is 5.73 Å². The third-order valence-corrected chi connectivity index (χ3v) is 5.32. The molecule has 8 nitrogen and oxygen atoms in total. The number of amides is 3. The first kappa shape index (κ1) is 22.7. The van der Waals surface area contributed by atoms with Crippen molar-refractivity contribution in [1.82, 2.24) is 14.9 Å². The van der Waals surface area contributed by atoms with Gasteiger partial charge in [0.2, 0.25) is 11.8 Å². The van der Waals surface area contributed by atoms with Gasteiger partial charge >= 0.3 is 0 Å². The summed E-state index contributed by atoms with van der Waals surface area (Å²) >= 11 is 0. The molecule has 0 fully saturated rings. The summed E-state index contributed by atoms with van der Waals surface area (Å²) in [4.78, 5) is 40.9. The molecule has 0 saturated heterocycles. The molecule has 0 bridgehead atoms. The van der Waals surface area contributed by atoms with E-state index in [9.17, 15) is 14.4 Å². The van der Waals surface area contributed by atoms with Gasteiger partial charge in [0.25, 0.3) is 5.91 Å². The summed E-state index contributed by atoms with van der Waals surface area (Å²) in [5.74, 6) is -0.337. The fourth-order valence-electron chi connectivity index (χ4n) is 3.73. The summed E-state index contributed by atoms with van der Waals surface area (Å²) in [6, 6.07) is 24.5. The molecule has 0 aliphatic carbocycles. The van der Waals surface area contributed by atoms with Gasteiger partial charge in [-0.05, 0) is 36.4 Å². The fourth-order valence-corrected chi connectivity index (χ4v) is 3.73. The minimum Gasteiger partial charge on any atom is -0.370 e. The van der Waals surface area contributed by atoms with Crippen molar-refractivity contribution in [3.63, 3.8) is 0 Å². The van der Waals surface area contributed by atoms with Crippen LogP contribution >= 0.6 is 0 Å². The van der Waals surface area contributed by atoms with Gasteiger partial charge in [-0.1, -0.05) is 42.5 Å². The van der Waals surface area contributed by atoms with Crippen LogP contribution in [-0.4, -0.2) is 33.8 Å². The zero-order chi connectivity index (χ0) is 23.9. The molecule has 0 unspecified atom stereocenters. The van der Waals surface area contributed by atoms with Crippen molar-refractivity contribution in [3.8, 4) is 5.69 Å². The topological polar surface area (TPSA) is 119 Å². The third-order valence-electron chi connectivity index (χ3n) is 5.32. The van der Waals surface area contributed by atoms with E-state index < -0.39 is 5.91 Å². The van der Waals surface area contributed by atoms with Crippen LogP contribution in [0.5, 0.6) is 0 Å². The van der Waals surface area contributed by atoms with E-state index in [-0.39, 0.29) is 31.2 Å². The monoisotopic (exact) mass is 455 g/mol. The number of aromatic nitrogens is 2. The minimum absolute atomic E-state index is 0.0443. The number of fused-ring (bicyclic) bond motifs is 1. The van der Waals surface area contributed by atoms with E-state index in [0.717, 1.165) is 22.5 Å². The number of para-hydroxylation sites is 4. The lowest BCUT2D eigenvalue weighted by atomic mass is 10.1. The van der Waals surface area contributed by atoms with Gasteiger partial charge in [0.15, 0.2) is 0 Å². The highest BCUT2D eigenvalue weighted by atomic mass is 16.2. The number of carbonyl (C=O) groups excluding carboxylic acids is 3. The van der Waals surface area contributed by atoms with E-state index in [0.29, 0.717) is 17.7 Å². The molecule has 1 heterocycles. The molecule has 0 atom stereocenters. The lowest BCUT2D eigenvalue weighted by Gasteiger charge is -2.12. The SMILES string of the molecule is NC(=O)CCNC(=O)c1ccccc1NC(=O)CCc1nc2ccccc2n1-c1ccccc1. The molecular formula is C26H25N5O3. The number of carbonyl (C=O) groups is 3. The van der Waals surface area contributed by atoms with Crippen LogP contribution < -0.4 is 16.4 Å². The van der Waals surface area contributed by atoms with E-state index in [1.165, 1.54) is 0 Å². The van der Waals surface area contributed by atoms with Crippen molar-refractivity contribution in [1.29, 1.82) is 0 Å². The number of rotatable bonds is 9. The summed E-state index contributed by atoms with van der Waals surface area (Å²) in [5.41, 5.74) is 8.64. The fraction of sp³-hybridized carbons (Fsp3) is 0.154. The molecule has 0 aliphatic rings. The molecule has 0 spiro atoms. The molecule has 8 heteroatoms. The first-order chi connectivity index (χ1) is 16.5. The maximum Gasteiger partial charge on any atom is 0.253 e. The third kappa shape index (κ3) is 5.29. The molecule has 0 saturated carbocycles. The van der Waals surface area contributed by atoms with Crippen LogP contribution in [0.25, 0.3) is 16.7 Å². The zero-order valence-corrected chi connectivity index (χ0v) is 18.5. The molecular weight excluding hydrogens is 430 g/mol. The molecule has 3 aromatic carbocycles. The van der Waals surface area contributed by atoms with Gasteiger partial charge < -0.3 is 16.4 Å². The van der Waals surface area contributed by atoms with Gasteiger partial charge in [0.1, 0.15) is 5.82 Å². The summed E-state index contributed by atoms with van der Waals surface area (Å²) in [6.07, 6.45) is 0.652.